The number of benzene rings is 2. The molecule has 0 bridgehead atoms. The summed E-state index contributed by atoms with van der Waals surface area (Å²) >= 11 is 1.57. The van der Waals surface area contributed by atoms with Crippen LogP contribution in [0.4, 0.5) is 14.5 Å². The molecule has 6 nitrogen and oxygen atoms in total. The monoisotopic (exact) mass is 473 g/mol. The number of para-hydroxylation sites is 1. The van der Waals surface area contributed by atoms with Gasteiger partial charge in [0.1, 0.15) is 5.76 Å². The van der Waals surface area contributed by atoms with Gasteiger partial charge in [-0.05, 0) is 48.5 Å². The number of hydrogen-bond donors (Lipinski definition) is 1. The third kappa shape index (κ3) is 5.38. The van der Waals surface area contributed by atoms with Crippen molar-refractivity contribution >= 4 is 46.0 Å². The van der Waals surface area contributed by atoms with Crippen LogP contribution in [0.1, 0.15) is 5.76 Å². The van der Waals surface area contributed by atoms with Crippen LogP contribution in [0.5, 0.6) is 0 Å². The maximum absolute atomic E-state index is 13.0. The molecule has 32 heavy (non-hydrogen) atoms. The Bertz CT molecular complexity index is 1280. The van der Waals surface area contributed by atoms with Gasteiger partial charge in [0, 0.05) is 10.6 Å². The number of furan rings is 1. The highest BCUT2D eigenvalue weighted by Crippen LogP contribution is 2.26. The fraction of sp³-hybridized carbons (Fsp3) is 0.136. The van der Waals surface area contributed by atoms with E-state index in [2.05, 4.69) is 10.3 Å². The second kappa shape index (κ2) is 10.0. The molecule has 2 aromatic carbocycles. The Balaban J connectivity index is 1.50. The van der Waals surface area contributed by atoms with E-state index in [4.69, 9.17) is 4.42 Å². The number of aromatic nitrogens is 2. The zero-order valence-electron chi connectivity index (χ0n) is 16.5. The van der Waals surface area contributed by atoms with Crippen LogP contribution in [0.25, 0.3) is 10.9 Å². The average Bonchev–Trinajstić information content (AvgIpc) is 3.29. The van der Waals surface area contributed by atoms with Gasteiger partial charge >= 0.3 is 0 Å². The minimum atomic E-state index is -2.50. The van der Waals surface area contributed by atoms with Crippen molar-refractivity contribution in [3.63, 3.8) is 0 Å². The molecule has 2 aromatic heterocycles. The normalized spacial score (nSPS) is 11.2. The Morgan fingerprint density at radius 2 is 1.88 bits per heavy atom. The molecule has 0 saturated carbocycles. The first-order valence-corrected chi connectivity index (χ1v) is 11.4. The Labute approximate surface area is 190 Å². The number of nitrogens with zero attached hydrogens (tertiary/aromatic N) is 2. The molecule has 4 rings (SSSR count). The molecule has 0 radical (unpaired) electrons. The predicted molar refractivity (Wildman–Crippen MR) is 121 cm³/mol. The van der Waals surface area contributed by atoms with Crippen LogP contribution in [0.2, 0.25) is 0 Å². The number of amides is 1. The number of rotatable bonds is 8. The predicted octanol–water partition coefficient (Wildman–Crippen LogP) is 5.08. The number of hydrogen-bond acceptors (Lipinski definition) is 6. The molecule has 10 heteroatoms. The van der Waals surface area contributed by atoms with Crippen molar-refractivity contribution in [3.05, 3.63) is 83.0 Å². The average molecular weight is 474 g/mol. The van der Waals surface area contributed by atoms with Gasteiger partial charge in [0.15, 0.2) is 5.16 Å². The number of fused-ring (bicyclic) bond motifs is 1. The lowest BCUT2D eigenvalue weighted by atomic mass is 10.2. The Morgan fingerprint density at radius 3 is 2.59 bits per heavy atom. The first-order valence-electron chi connectivity index (χ1n) is 9.49. The van der Waals surface area contributed by atoms with Gasteiger partial charge in [-0.25, -0.2) is 4.98 Å². The molecule has 2 heterocycles. The van der Waals surface area contributed by atoms with Gasteiger partial charge in [-0.3, -0.25) is 14.2 Å². The van der Waals surface area contributed by atoms with E-state index in [0.29, 0.717) is 44.2 Å². The summed E-state index contributed by atoms with van der Waals surface area (Å²) in [7, 11) is 0. The molecule has 0 unspecified atom stereocenters. The van der Waals surface area contributed by atoms with Crippen LogP contribution in [0.3, 0.4) is 0 Å². The molecule has 0 aliphatic rings. The van der Waals surface area contributed by atoms with Crippen LogP contribution < -0.4 is 10.9 Å². The first kappa shape index (κ1) is 22.1. The highest BCUT2D eigenvalue weighted by Gasteiger charge is 2.15. The fourth-order valence-electron chi connectivity index (χ4n) is 3.00. The van der Waals surface area contributed by atoms with E-state index in [1.54, 1.807) is 48.5 Å². The highest BCUT2D eigenvalue weighted by molar-refractivity contribution is 8.00. The second-order valence-corrected chi connectivity index (χ2v) is 8.63. The lowest BCUT2D eigenvalue weighted by Crippen LogP contribution is -2.24. The van der Waals surface area contributed by atoms with Crippen LogP contribution in [0, 0.1) is 0 Å². The molecule has 1 N–H and O–H groups in total. The summed E-state index contributed by atoms with van der Waals surface area (Å²) < 4.78 is 31.7. The highest BCUT2D eigenvalue weighted by atomic mass is 32.2. The standard InChI is InChI=1S/C22H17F2N3O3S2/c23-21(24)32-16-9-7-14(8-10-16)25-19(28)13-31-22-26-18-6-2-1-5-17(18)20(29)27(22)12-15-4-3-11-30-15/h1-11,21H,12-13H2,(H,25,28). The zero-order chi connectivity index (χ0) is 22.5. The molecule has 0 saturated heterocycles. The zero-order valence-corrected chi connectivity index (χ0v) is 18.2. The molecule has 0 aliphatic heterocycles. The van der Waals surface area contributed by atoms with Gasteiger partial charge in [0.25, 0.3) is 11.3 Å². The first-order chi connectivity index (χ1) is 15.5. The molecule has 0 aliphatic carbocycles. The molecule has 1 amide bonds. The van der Waals surface area contributed by atoms with Crippen LogP contribution in [-0.2, 0) is 11.3 Å². The van der Waals surface area contributed by atoms with Gasteiger partial charge < -0.3 is 9.73 Å². The van der Waals surface area contributed by atoms with E-state index < -0.39 is 5.76 Å². The number of nitrogens with one attached hydrogen (secondary N) is 1. The van der Waals surface area contributed by atoms with Crippen molar-refractivity contribution in [2.75, 3.05) is 11.1 Å². The van der Waals surface area contributed by atoms with Gasteiger partial charge in [0.2, 0.25) is 5.91 Å². The largest absolute Gasteiger partial charge is 0.467 e. The number of carbonyl (C=O) groups is 1. The maximum Gasteiger partial charge on any atom is 0.288 e. The molecule has 4 aromatic rings. The van der Waals surface area contributed by atoms with Crippen LogP contribution >= 0.6 is 23.5 Å². The third-order valence-electron chi connectivity index (χ3n) is 4.42. The second-order valence-electron chi connectivity index (χ2n) is 6.62. The number of thioether (sulfide) groups is 2. The quantitative estimate of drug-likeness (QED) is 0.284. The van der Waals surface area contributed by atoms with Gasteiger partial charge in [-0.1, -0.05) is 35.7 Å². The number of halogens is 2. The minimum Gasteiger partial charge on any atom is -0.467 e. The number of anilines is 1. The van der Waals surface area contributed by atoms with E-state index in [9.17, 15) is 18.4 Å². The number of alkyl halides is 2. The summed E-state index contributed by atoms with van der Waals surface area (Å²) in [5.41, 5.74) is 0.818. The van der Waals surface area contributed by atoms with E-state index >= 15 is 0 Å². The van der Waals surface area contributed by atoms with Gasteiger partial charge in [-0.15, -0.1) is 0 Å². The Hall–Kier alpha value is -3.11. The number of carbonyl (C=O) groups excluding carboxylic acids is 1. The van der Waals surface area contributed by atoms with Crippen molar-refractivity contribution < 1.29 is 18.0 Å². The molecule has 0 atom stereocenters. The summed E-state index contributed by atoms with van der Waals surface area (Å²) in [6, 6.07) is 16.7. The third-order valence-corrected chi connectivity index (χ3v) is 6.12. The summed E-state index contributed by atoms with van der Waals surface area (Å²) in [6.07, 6.45) is 1.53. The summed E-state index contributed by atoms with van der Waals surface area (Å²) in [5, 5.41) is 3.59. The van der Waals surface area contributed by atoms with Crippen molar-refractivity contribution in [2.45, 2.75) is 22.4 Å². The van der Waals surface area contributed by atoms with E-state index in [0.717, 1.165) is 11.8 Å². The summed E-state index contributed by atoms with van der Waals surface area (Å²) in [4.78, 5) is 30.4. The smallest absolute Gasteiger partial charge is 0.288 e. The lowest BCUT2D eigenvalue weighted by Gasteiger charge is -2.12. The molecule has 164 valence electrons. The summed E-state index contributed by atoms with van der Waals surface area (Å²) in [5.74, 6) is -2.20. The SMILES string of the molecule is O=C(CSc1nc2ccccc2c(=O)n1Cc1ccco1)Nc1ccc(SC(F)F)cc1. The van der Waals surface area contributed by atoms with Crippen molar-refractivity contribution in [1.82, 2.24) is 9.55 Å². The van der Waals surface area contributed by atoms with Crippen LogP contribution in [0.15, 0.2) is 86.2 Å². The molecule has 0 spiro atoms. The molecule has 0 fully saturated rings. The van der Waals surface area contributed by atoms with Crippen molar-refractivity contribution in [1.29, 1.82) is 0 Å². The van der Waals surface area contributed by atoms with Gasteiger partial charge in [-0.2, -0.15) is 8.78 Å². The molecular formula is C22H17F2N3O3S2. The van der Waals surface area contributed by atoms with Crippen molar-refractivity contribution in [3.8, 4) is 0 Å². The fourth-order valence-corrected chi connectivity index (χ4v) is 4.30. The van der Waals surface area contributed by atoms with Crippen molar-refractivity contribution in [2.24, 2.45) is 0 Å². The maximum atomic E-state index is 13.0. The van der Waals surface area contributed by atoms with Crippen LogP contribution in [-0.4, -0.2) is 27.0 Å². The lowest BCUT2D eigenvalue weighted by molar-refractivity contribution is -0.113. The molecular weight excluding hydrogens is 456 g/mol. The Kier molecular flexibility index (Phi) is 6.91. The Morgan fingerprint density at radius 1 is 1.09 bits per heavy atom. The van der Waals surface area contributed by atoms with Gasteiger partial charge in [0.05, 0.1) is 29.5 Å². The van der Waals surface area contributed by atoms with E-state index in [1.807, 2.05) is 0 Å². The van der Waals surface area contributed by atoms with E-state index in [-0.39, 0.29) is 23.8 Å². The van der Waals surface area contributed by atoms with E-state index in [1.165, 1.54) is 23.0 Å². The summed E-state index contributed by atoms with van der Waals surface area (Å²) in [6.45, 7) is 0.191. The minimum absolute atomic E-state index is 0.0104. The topological polar surface area (TPSA) is 77.1 Å².